The second-order valence-corrected chi connectivity index (χ2v) is 5.54. The van der Waals surface area contributed by atoms with E-state index in [0.29, 0.717) is 11.3 Å². The van der Waals surface area contributed by atoms with Gasteiger partial charge < -0.3 is 10.1 Å². The lowest BCUT2D eigenvalue weighted by molar-refractivity contribution is -0.113. The Morgan fingerprint density at radius 1 is 1.00 bits per heavy atom. The van der Waals surface area contributed by atoms with E-state index in [-0.39, 0.29) is 23.2 Å². The summed E-state index contributed by atoms with van der Waals surface area (Å²) in [4.78, 5) is 23.7. The Bertz CT molecular complexity index is 626. The third-order valence-electron chi connectivity index (χ3n) is 2.94. The van der Waals surface area contributed by atoms with E-state index in [4.69, 9.17) is 4.74 Å². The first-order valence-corrected chi connectivity index (χ1v) is 7.94. The Balaban J connectivity index is 1.75. The van der Waals surface area contributed by atoms with Crippen molar-refractivity contribution in [3.63, 3.8) is 0 Å². The van der Waals surface area contributed by atoms with Crippen LogP contribution in [0.3, 0.4) is 0 Å². The molecule has 4 nitrogen and oxygen atoms in total. The molecule has 0 saturated carbocycles. The molecule has 1 N–H and O–H groups in total. The molecule has 0 aliphatic heterocycles. The summed E-state index contributed by atoms with van der Waals surface area (Å²) >= 11 is 1.30. The number of hydrogen-bond donors (Lipinski definition) is 1. The molecule has 0 bridgehead atoms. The second kappa shape index (κ2) is 8.24. The summed E-state index contributed by atoms with van der Waals surface area (Å²) in [6.45, 7) is 0. The van der Waals surface area contributed by atoms with Crippen LogP contribution in [0.5, 0.6) is 5.75 Å². The number of methoxy groups -OCH3 is 1. The van der Waals surface area contributed by atoms with Crippen LogP contribution in [-0.2, 0) is 4.79 Å². The van der Waals surface area contributed by atoms with Crippen molar-refractivity contribution in [3.8, 4) is 5.75 Å². The molecule has 0 unspecified atom stereocenters. The van der Waals surface area contributed by atoms with Gasteiger partial charge in [0.25, 0.3) is 0 Å². The number of Topliss-reactive ketones (excluding diaryl/α,β-unsaturated/α-hetero) is 1. The van der Waals surface area contributed by atoms with Crippen molar-refractivity contribution >= 4 is 29.1 Å². The van der Waals surface area contributed by atoms with Crippen molar-refractivity contribution in [3.05, 3.63) is 60.2 Å². The Hall–Kier alpha value is -2.27. The van der Waals surface area contributed by atoms with Crippen molar-refractivity contribution in [1.82, 2.24) is 0 Å². The minimum Gasteiger partial charge on any atom is -0.497 e. The predicted molar refractivity (Wildman–Crippen MR) is 89.7 cm³/mol. The molecular weight excluding hydrogens is 298 g/mol. The highest BCUT2D eigenvalue weighted by molar-refractivity contribution is 8.00. The van der Waals surface area contributed by atoms with Gasteiger partial charge in [-0.2, -0.15) is 0 Å². The van der Waals surface area contributed by atoms with Gasteiger partial charge in [-0.25, -0.2) is 0 Å². The van der Waals surface area contributed by atoms with Crippen LogP contribution in [0.2, 0.25) is 0 Å². The monoisotopic (exact) mass is 315 g/mol. The van der Waals surface area contributed by atoms with Gasteiger partial charge in [-0.15, -0.1) is 11.8 Å². The predicted octanol–water partition coefficient (Wildman–Crippen LogP) is 3.25. The molecule has 5 heteroatoms. The number of para-hydroxylation sites is 1. The summed E-state index contributed by atoms with van der Waals surface area (Å²) in [6.07, 6.45) is 0. The molecule has 22 heavy (non-hydrogen) atoms. The third kappa shape index (κ3) is 4.93. The summed E-state index contributed by atoms with van der Waals surface area (Å²) in [6, 6.07) is 16.2. The number of benzene rings is 2. The second-order valence-electron chi connectivity index (χ2n) is 4.56. The average Bonchev–Trinajstić information content (AvgIpc) is 2.55. The molecule has 2 aromatic rings. The van der Waals surface area contributed by atoms with E-state index >= 15 is 0 Å². The van der Waals surface area contributed by atoms with Crippen LogP contribution < -0.4 is 10.1 Å². The fraction of sp³-hybridized carbons (Fsp3) is 0.176. The zero-order valence-corrected chi connectivity index (χ0v) is 13.1. The van der Waals surface area contributed by atoms with Crippen molar-refractivity contribution in [1.29, 1.82) is 0 Å². The van der Waals surface area contributed by atoms with Crippen LogP contribution in [0.15, 0.2) is 54.6 Å². The first-order valence-electron chi connectivity index (χ1n) is 6.79. The van der Waals surface area contributed by atoms with Gasteiger partial charge in [0.05, 0.1) is 18.6 Å². The Morgan fingerprint density at radius 2 is 1.68 bits per heavy atom. The molecule has 1 amide bonds. The van der Waals surface area contributed by atoms with Gasteiger partial charge in [0, 0.05) is 11.3 Å². The van der Waals surface area contributed by atoms with Crippen molar-refractivity contribution in [2.24, 2.45) is 0 Å². The third-order valence-corrected chi connectivity index (χ3v) is 3.87. The number of anilines is 1. The molecule has 0 heterocycles. The molecule has 0 aromatic heterocycles. The number of rotatable bonds is 7. The molecule has 114 valence electrons. The zero-order chi connectivity index (χ0) is 15.8. The summed E-state index contributed by atoms with van der Waals surface area (Å²) in [5, 5.41) is 2.78. The normalized spacial score (nSPS) is 10.0. The number of ketones is 1. The first kappa shape index (κ1) is 16.1. The fourth-order valence-corrected chi connectivity index (χ4v) is 2.53. The molecule has 2 aromatic carbocycles. The SMILES string of the molecule is COc1ccc(C(=O)CSCC(=O)Nc2ccccc2)cc1. The van der Waals surface area contributed by atoms with Crippen LogP contribution in [0.1, 0.15) is 10.4 Å². The maximum absolute atomic E-state index is 12.0. The number of amides is 1. The largest absolute Gasteiger partial charge is 0.497 e. The smallest absolute Gasteiger partial charge is 0.234 e. The Labute approximate surface area is 133 Å². The van der Waals surface area contributed by atoms with Crippen LogP contribution in [0.25, 0.3) is 0 Å². The highest BCUT2D eigenvalue weighted by atomic mass is 32.2. The molecular formula is C17H17NO3S. The lowest BCUT2D eigenvalue weighted by Crippen LogP contribution is -2.15. The molecule has 0 radical (unpaired) electrons. The van der Waals surface area contributed by atoms with Gasteiger partial charge in [0.15, 0.2) is 5.78 Å². The summed E-state index contributed by atoms with van der Waals surface area (Å²) in [5.74, 6) is 1.12. The number of nitrogens with one attached hydrogen (secondary N) is 1. The lowest BCUT2D eigenvalue weighted by Gasteiger charge is -2.05. The Kier molecular flexibility index (Phi) is 6.03. The van der Waals surface area contributed by atoms with Gasteiger partial charge in [-0.05, 0) is 36.4 Å². The van der Waals surface area contributed by atoms with Crippen LogP contribution in [0.4, 0.5) is 5.69 Å². The molecule has 0 atom stereocenters. The van der Waals surface area contributed by atoms with E-state index in [2.05, 4.69) is 5.32 Å². The zero-order valence-electron chi connectivity index (χ0n) is 12.2. The van der Waals surface area contributed by atoms with Gasteiger partial charge in [-0.3, -0.25) is 9.59 Å². The number of ether oxygens (including phenoxy) is 1. The minimum absolute atomic E-state index is 0.000152. The summed E-state index contributed by atoms with van der Waals surface area (Å²) in [7, 11) is 1.58. The molecule has 0 aliphatic carbocycles. The van der Waals surface area contributed by atoms with E-state index in [0.717, 1.165) is 5.69 Å². The molecule has 0 spiro atoms. The van der Waals surface area contributed by atoms with Crippen molar-refractivity contribution in [2.75, 3.05) is 23.9 Å². The number of carbonyl (C=O) groups is 2. The van der Waals surface area contributed by atoms with E-state index in [9.17, 15) is 9.59 Å². The maximum Gasteiger partial charge on any atom is 0.234 e. The van der Waals surface area contributed by atoms with Crippen LogP contribution in [-0.4, -0.2) is 30.3 Å². The van der Waals surface area contributed by atoms with E-state index < -0.39 is 0 Å². The van der Waals surface area contributed by atoms with Crippen LogP contribution >= 0.6 is 11.8 Å². The molecule has 0 saturated heterocycles. The summed E-state index contributed by atoms with van der Waals surface area (Å²) < 4.78 is 5.05. The quantitative estimate of drug-likeness (QED) is 0.797. The molecule has 2 rings (SSSR count). The van der Waals surface area contributed by atoms with E-state index in [1.807, 2.05) is 30.3 Å². The number of hydrogen-bond acceptors (Lipinski definition) is 4. The lowest BCUT2D eigenvalue weighted by atomic mass is 10.1. The maximum atomic E-state index is 12.0. The van der Waals surface area contributed by atoms with E-state index in [1.165, 1.54) is 11.8 Å². The standard InChI is InChI=1S/C17H17NO3S/c1-21-15-9-7-13(8-10-15)16(19)11-22-12-17(20)18-14-5-3-2-4-6-14/h2-10H,11-12H2,1H3,(H,18,20). The van der Waals surface area contributed by atoms with Crippen LogP contribution in [0, 0.1) is 0 Å². The number of carbonyl (C=O) groups excluding carboxylic acids is 2. The Morgan fingerprint density at radius 3 is 2.32 bits per heavy atom. The van der Waals surface area contributed by atoms with Crippen molar-refractivity contribution in [2.45, 2.75) is 0 Å². The highest BCUT2D eigenvalue weighted by Gasteiger charge is 2.08. The molecule has 0 aliphatic rings. The average molecular weight is 315 g/mol. The van der Waals surface area contributed by atoms with Gasteiger partial charge in [0.1, 0.15) is 5.75 Å². The minimum atomic E-state index is -0.112. The topological polar surface area (TPSA) is 55.4 Å². The molecule has 0 fully saturated rings. The van der Waals surface area contributed by atoms with E-state index in [1.54, 1.807) is 31.4 Å². The van der Waals surface area contributed by atoms with Crippen molar-refractivity contribution < 1.29 is 14.3 Å². The highest BCUT2D eigenvalue weighted by Crippen LogP contribution is 2.14. The van der Waals surface area contributed by atoms with Gasteiger partial charge in [0.2, 0.25) is 5.91 Å². The van der Waals surface area contributed by atoms with Gasteiger partial charge in [-0.1, -0.05) is 18.2 Å². The number of thioether (sulfide) groups is 1. The summed E-state index contributed by atoms with van der Waals surface area (Å²) in [5.41, 5.74) is 1.38. The van der Waals surface area contributed by atoms with Gasteiger partial charge >= 0.3 is 0 Å². The first-order chi connectivity index (χ1) is 10.7. The fourth-order valence-electron chi connectivity index (χ4n) is 1.82.